The maximum Gasteiger partial charge on any atom is 0.280 e. The van der Waals surface area contributed by atoms with Crippen molar-refractivity contribution in [1.82, 2.24) is 14.6 Å². The minimum atomic E-state index is -2.62. The van der Waals surface area contributed by atoms with Crippen LogP contribution >= 0.6 is 15.9 Å². The van der Waals surface area contributed by atoms with Crippen LogP contribution in [0.25, 0.3) is 16.9 Å². The highest BCUT2D eigenvalue weighted by Gasteiger charge is 2.19. The molecule has 0 saturated carbocycles. The van der Waals surface area contributed by atoms with Gasteiger partial charge in [-0.2, -0.15) is 5.10 Å². The van der Waals surface area contributed by atoms with E-state index in [1.165, 1.54) is 10.6 Å². The quantitative estimate of drug-likeness (QED) is 0.637. The first-order valence-corrected chi connectivity index (χ1v) is 7.59. The summed E-state index contributed by atoms with van der Waals surface area (Å²) < 4.78 is 28.6. The highest BCUT2D eigenvalue weighted by Crippen LogP contribution is 2.30. The fourth-order valence-electron chi connectivity index (χ4n) is 2.32. The van der Waals surface area contributed by atoms with E-state index in [1.54, 1.807) is 6.92 Å². The molecule has 0 aliphatic rings. The molecule has 0 aliphatic carbocycles. The average molecular weight is 366 g/mol. The Bertz CT molecular complexity index is 871. The lowest BCUT2D eigenvalue weighted by atomic mass is 10.0. The van der Waals surface area contributed by atoms with E-state index in [9.17, 15) is 8.78 Å². The van der Waals surface area contributed by atoms with E-state index >= 15 is 0 Å². The van der Waals surface area contributed by atoms with E-state index < -0.39 is 6.43 Å². The van der Waals surface area contributed by atoms with Gasteiger partial charge in [0, 0.05) is 5.56 Å². The first-order valence-electron chi connectivity index (χ1n) is 6.80. The second-order valence-corrected chi connectivity index (χ2v) is 6.09. The van der Waals surface area contributed by atoms with Gasteiger partial charge in [-0.1, -0.05) is 12.1 Å². The van der Waals surface area contributed by atoms with Crippen LogP contribution in [-0.4, -0.2) is 14.6 Å². The van der Waals surface area contributed by atoms with Crippen molar-refractivity contribution < 1.29 is 8.78 Å². The Morgan fingerprint density at radius 2 is 1.82 bits per heavy atom. The zero-order valence-electron chi connectivity index (χ0n) is 12.4. The van der Waals surface area contributed by atoms with E-state index in [2.05, 4.69) is 26.0 Å². The number of fused-ring (bicyclic) bond motifs is 1. The number of benzene rings is 1. The smallest absolute Gasteiger partial charge is 0.227 e. The van der Waals surface area contributed by atoms with Gasteiger partial charge in [-0.3, -0.25) is 0 Å². The van der Waals surface area contributed by atoms with Crippen LogP contribution in [0.15, 0.2) is 28.7 Å². The Morgan fingerprint density at radius 1 is 1.09 bits per heavy atom. The fourth-order valence-corrected chi connectivity index (χ4v) is 2.66. The van der Waals surface area contributed by atoms with Crippen molar-refractivity contribution in [3.8, 4) is 11.3 Å². The predicted molar refractivity (Wildman–Crippen MR) is 85.3 cm³/mol. The molecule has 6 heteroatoms. The standard InChI is InChI=1S/C16H14BrF2N3/c1-8-4-5-11(6-9(8)2)12-7-13(15(18)19)22-16(20-12)14(17)10(3)21-22/h4-7,15H,1-3H3. The van der Waals surface area contributed by atoms with E-state index in [4.69, 9.17) is 0 Å². The molecule has 0 spiro atoms. The predicted octanol–water partition coefficient (Wildman–Crippen LogP) is 5.02. The molecule has 0 N–H and O–H groups in total. The maximum absolute atomic E-state index is 13.4. The second kappa shape index (κ2) is 5.43. The van der Waals surface area contributed by atoms with Crippen molar-refractivity contribution in [3.63, 3.8) is 0 Å². The lowest BCUT2D eigenvalue weighted by Crippen LogP contribution is -2.02. The first kappa shape index (κ1) is 15.1. The molecule has 0 aliphatic heterocycles. The van der Waals surface area contributed by atoms with Crippen molar-refractivity contribution in [2.24, 2.45) is 0 Å². The number of aryl methyl sites for hydroxylation is 3. The molecular weight excluding hydrogens is 352 g/mol. The summed E-state index contributed by atoms with van der Waals surface area (Å²) in [5.74, 6) is 0. The molecule has 0 unspecified atom stereocenters. The van der Waals surface area contributed by atoms with Crippen LogP contribution in [0.1, 0.15) is 28.9 Å². The SMILES string of the molecule is Cc1ccc(-c2cc(C(F)F)n3nc(C)c(Br)c3n2)cc1C. The molecule has 0 atom stereocenters. The van der Waals surface area contributed by atoms with Gasteiger partial charge in [0.05, 0.1) is 15.9 Å². The normalized spacial score (nSPS) is 11.6. The Morgan fingerprint density at radius 3 is 2.45 bits per heavy atom. The van der Waals surface area contributed by atoms with Crippen LogP contribution in [0, 0.1) is 20.8 Å². The average Bonchev–Trinajstić information content (AvgIpc) is 2.76. The van der Waals surface area contributed by atoms with Gasteiger partial charge in [0.1, 0.15) is 5.69 Å². The molecule has 114 valence electrons. The number of hydrogen-bond donors (Lipinski definition) is 0. The Labute approximate surface area is 135 Å². The number of nitrogens with zero attached hydrogens (tertiary/aromatic N) is 3. The zero-order chi connectivity index (χ0) is 16.0. The highest BCUT2D eigenvalue weighted by atomic mass is 79.9. The molecule has 2 aromatic heterocycles. The van der Waals surface area contributed by atoms with Gasteiger partial charge in [-0.15, -0.1) is 0 Å². The number of hydrogen-bond acceptors (Lipinski definition) is 2. The van der Waals surface area contributed by atoms with Crippen LogP contribution in [-0.2, 0) is 0 Å². The molecule has 2 heterocycles. The van der Waals surface area contributed by atoms with Crippen LogP contribution in [0.3, 0.4) is 0 Å². The zero-order valence-corrected chi connectivity index (χ0v) is 13.9. The van der Waals surface area contributed by atoms with Crippen LogP contribution in [0.5, 0.6) is 0 Å². The van der Waals surface area contributed by atoms with Crippen molar-refractivity contribution in [2.45, 2.75) is 27.2 Å². The molecular formula is C16H14BrF2N3. The Hall–Kier alpha value is -1.82. The van der Waals surface area contributed by atoms with Gasteiger partial charge in [0.2, 0.25) is 0 Å². The van der Waals surface area contributed by atoms with Gasteiger partial charge in [-0.25, -0.2) is 18.3 Å². The maximum atomic E-state index is 13.4. The van der Waals surface area contributed by atoms with E-state index in [1.807, 2.05) is 32.0 Å². The summed E-state index contributed by atoms with van der Waals surface area (Å²) >= 11 is 3.38. The number of rotatable bonds is 2. The van der Waals surface area contributed by atoms with Crippen LogP contribution < -0.4 is 0 Å². The fraction of sp³-hybridized carbons (Fsp3) is 0.250. The molecule has 3 rings (SSSR count). The van der Waals surface area contributed by atoms with Crippen molar-refractivity contribution >= 4 is 21.6 Å². The van der Waals surface area contributed by atoms with Crippen molar-refractivity contribution in [2.75, 3.05) is 0 Å². The van der Waals surface area contributed by atoms with Gasteiger partial charge in [0.15, 0.2) is 5.65 Å². The number of halogens is 3. The van der Waals surface area contributed by atoms with Crippen molar-refractivity contribution in [3.05, 3.63) is 51.3 Å². The van der Waals surface area contributed by atoms with Gasteiger partial charge < -0.3 is 0 Å². The summed E-state index contributed by atoms with van der Waals surface area (Å²) in [5.41, 5.74) is 4.47. The summed E-state index contributed by atoms with van der Waals surface area (Å²) in [6.45, 7) is 5.76. The lowest BCUT2D eigenvalue weighted by Gasteiger charge is -2.09. The minimum Gasteiger partial charge on any atom is -0.227 e. The highest BCUT2D eigenvalue weighted by molar-refractivity contribution is 9.10. The summed E-state index contributed by atoms with van der Waals surface area (Å²) in [6.07, 6.45) is -2.62. The first-order chi connectivity index (χ1) is 10.4. The topological polar surface area (TPSA) is 30.2 Å². The molecule has 3 nitrogen and oxygen atoms in total. The number of alkyl halides is 2. The van der Waals surface area contributed by atoms with Crippen molar-refractivity contribution in [1.29, 1.82) is 0 Å². The van der Waals surface area contributed by atoms with E-state index in [0.717, 1.165) is 16.7 Å². The summed E-state index contributed by atoms with van der Waals surface area (Å²) in [7, 11) is 0. The molecule has 3 aromatic rings. The molecule has 0 bridgehead atoms. The summed E-state index contributed by atoms with van der Waals surface area (Å²) in [5, 5.41) is 4.13. The summed E-state index contributed by atoms with van der Waals surface area (Å²) in [4.78, 5) is 4.50. The molecule has 0 saturated heterocycles. The largest absolute Gasteiger partial charge is 0.280 e. The summed E-state index contributed by atoms with van der Waals surface area (Å²) in [6, 6.07) is 7.23. The monoisotopic (exact) mass is 365 g/mol. The molecule has 0 fully saturated rings. The molecule has 0 amide bonds. The minimum absolute atomic E-state index is 0.160. The lowest BCUT2D eigenvalue weighted by molar-refractivity contribution is 0.143. The molecule has 1 aromatic carbocycles. The molecule has 22 heavy (non-hydrogen) atoms. The van der Waals surface area contributed by atoms with E-state index in [0.29, 0.717) is 21.5 Å². The third-order valence-electron chi connectivity index (χ3n) is 3.75. The van der Waals surface area contributed by atoms with Gasteiger partial charge in [0.25, 0.3) is 6.43 Å². The third kappa shape index (κ3) is 2.41. The van der Waals surface area contributed by atoms with Crippen LogP contribution in [0.4, 0.5) is 8.78 Å². The second-order valence-electron chi connectivity index (χ2n) is 5.30. The Kier molecular flexibility index (Phi) is 3.72. The Balaban J connectivity index is 2.30. The van der Waals surface area contributed by atoms with Gasteiger partial charge in [-0.05, 0) is 60.0 Å². The molecule has 0 radical (unpaired) electrons. The van der Waals surface area contributed by atoms with E-state index in [-0.39, 0.29) is 5.69 Å². The third-order valence-corrected chi connectivity index (χ3v) is 4.67. The number of aromatic nitrogens is 3. The van der Waals surface area contributed by atoms with Crippen LogP contribution in [0.2, 0.25) is 0 Å². The van der Waals surface area contributed by atoms with Gasteiger partial charge >= 0.3 is 0 Å².